The quantitative estimate of drug-likeness (QED) is 0.511. The van der Waals surface area contributed by atoms with E-state index in [0.29, 0.717) is 0 Å². The summed E-state index contributed by atoms with van der Waals surface area (Å²) in [5.41, 5.74) is 0. The molecule has 1 aromatic heterocycles. The summed E-state index contributed by atoms with van der Waals surface area (Å²) in [7, 11) is 0. The van der Waals surface area contributed by atoms with E-state index in [2.05, 4.69) is 34.3 Å². The summed E-state index contributed by atoms with van der Waals surface area (Å²) in [4.78, 5) is 10.1. The van der Waals surface area contributed by atoms with Gasteiger partial charge >= 0.3 is 0 Å². The van der Waals surface area contributed by atoms with Crippen LogP contribution in [0.2, 0.25) is 0 Å². The zero-order valence-corrected chi connectivity index (χ0v) is 12.0. The Bertz CT molecular complexity index is 503. The van der Waals surface area contributed by atoms with Crippen LogP contribution in [0.15, 0.2) is 51.5 Å². The third-order valence-corrected chi connectivity index (χ3v) is 3.66. The van der Waals surface area contributed by atoms with Crippen LogP contribution in [-0.4, -0.2) is 22.8 Å². The predicted octanol–water partition coefficient (Wildman–Crippen LogP) is 3.78. The van der Waals surface area contributed by atoms with Crippen LogP contribution in [0.25, 0.3) is 0 Å². The number of aromatic nitrogens is 2. The van der Waals surface area contributed by atoms with E-state index in [9.17, 15) is 0 Å². The minimum Gasteiger partial charge on any atom is -0.370 e. The molecule has 0 saturated carbocycles. The van der Waals surface area contributed by atoms with E-state index in [1.54, 1.807) is 23.5 Å². The summed E-state index contributed by atoms with van der Waals surface area (Å²) in [5.74, 6) is 0.885. The fourth-order valence-electron chi connectivity index (χ4n) is 1.43. The molecule has 18 heavy (non-hydrogen) atoms. The Morgan fingerprint density at radius 2 is 1.94 bits per heavy atom. The fourth-order valence-corrected chi connectivity index (χ4v) is 2.70. The summed E-state index contributed by atoms with van der Waals surface area (Å²) in [6, 6.07) is 12.2. The Kier molecular flexibility index (Phi) is 4.90. The Morgan fingerprint density at radius 3 is 2.61 bits per heavy atom. The minimum atomic E-state index is 0.798. The molecule has 1 aromatic carbocycles. The van der Waals surface area contributed by atoms with Gasteiger partial charge in [-0.3, -0.25) is 0 Å². The smallest absolute Gasteiger partial charge is 0.190 e. The summed E-state index contributed by atoms with van der Waals surface area (Å²) >= 11 is 3.21. The molecule has 0 aliphatic rings. The number of nitrogens with zero attached hydrogens (tertiary/aromatic N) is 2. The van der Waals surface area contributed by atoms with Crippen LogP contribution < -0.4 is 5.32 Å². The van der Waals surface area contributed by atoms with Crippen molar-refractivity contribution in [1.29, 1.82) is 0 Å². The normalized spacial score (nSPS) is 10.3. The molecule has 1 N–H and O–H groups in total. The van der Waals surface area contributed by atoms with Crippen LogP contribution in [0.5, 0.6) is 0 Å². The highest BCUT2D eigenvalue weighted by Crippen LogP contribution is 2.28. The topological polar surface area (TPSA) is 37.8 Å². The molecule has 94 valence electrons. The number of anilines is 1. The van der Waals surface area contributed by atoms with Crippen LogP contribution >= 0.6 is 23.5 Å². The Balaban J connectivity index is 2.24. The molecule has 0 fully saturated rings. The molecule has 0 aliphatic heterocycles. The summed E-state index contributed by atoms with van der Waals surface area (Å²) in [6.07, 6.45) is 1.99. The third-order valence-electron chi connectivity index (χ3n) is 2.19. The second kappa shape index (κ2) is 6.66. The van der Waals surface area contributed by atoms with Crippen molar-refractivity contribution < 1.29 is 0 Å². The lowest BCUT2D eigenvalue weighted by Crippen LogP contribution is -2.01. The lowest BCUT2D eigenvalue weighted by atomic mass is 10.4. The van der Waals surface area contributed by atoms with Crippen molar-refractivity contribution >= 4 is 29.3 Å². The van der Waals surface area contributed by atoms with Gasteiger partial charge in [0, 0.05) is 17.5 Å². The molecule has 1 heterocycles. The Hall–Kier alpha value is -1.20. The monoisotopic (exact) mass is 277 g/mol. The molecule has 3 nitrogen and oxygen atoms in total. The second-order valence-electron chi connectivity index (χ2n) is 3.52. The van der Waals surface area contributed by atoms with E-state index in [-0.39, 0.29) is 0 Å². The predicted molar refractivity (Wildman–Crippen MR) is 78.5 cm³/mol. The van der Waals surface area contributed by atoms with Gasteiger partial charge in [0.05, 0.1) is 0 Å². The average Bonchev–Trinajstić information content (AvgIpc) is 2.40. The average molecular weight is 277 g/mol. The lowest BCUT2D eigenvalue weighted by molar-refractivity contribution is 0.891. The van der Waals surface area contributed by atoms with Gasteiger partial charge in [0.25, 0.3) is 0 Å². The maximum Gasteiger partial charge on any atom is 0.190 e. The first kappa shape index (κ1) is 13.2. The Labute approximate surface area is 116 Å². The first-order valence-corrected chi connectivity index (χ1v) is 7.75. The molecule has 0 amide bonds. The highest BCUT2D eigenvalue weighted by atomic mass is 32.2. The van der Waals surface area contributed by atoms with Gasteiger partial charge in [0.15, 0.2) is 5.16 Å². The number of thioether (sulfide) groups is 1. The molecule has 0 saturated heterocycles. The first-order valence-electron chi connectivity index (χ1n) is 5.71. The van der Waals surface area contributed by atoms with E-state index >= 15 is 0 Å². The third kappa shape index (κ3) is 3.65. The van der Waals surface area contributed by atoms with E-state index < -0.39 is 0 Å². The van der Waals surface area contributed by atoms with Gasteiger partial charge in [-0.05, 0) is 25.3 Å². The van der Waals surface area contributed by atoms with Gasteiger partial charge in [0.1, 0.15) is 10.8 Å². The van der Waals surface area contributed by atoms with Crippen molar-refractivity contribution in [2.24, 2.45) is 0 Å². The van der Waals surface area contributed by atoms with Gasteiger partial charge in [-0.15, -0.1) is 0 Å². The van der Waals surface area contributed by atoms with Gasteiger partial charge in [-0.2, -0.15) is 0 Å². The van der Waals surface area contributed by atoms with Gasteiger partial charge < -0.3 is 5.32 Å². The number of benzene rings is 1. The summed E-state index contributed by atoms with van der Waals surface area (Å²) in [6.45, 7) is 2.92. The molecule has 2 rings (SSSR count). The molecule has 0 unspecified atom stereocenters. The molecular weight excluding hydrogens is 262 g/mol. The van der Waals surface area contributed by atoms with E-state index in [1.807, 2.05) is 30.5 Å². The molecular formula is C13H15N3S2. The number of rotatable bonds is 5. The Morgan fingerprint density at radius 1 is 1.17 bits per heavy atom. The SMILES string of the molecule is CCNc1cc(Sc2ccccc2)nc(SC)n1. The van der Waals surface area contributed by atoms with Crippen molar-refractivity contribution in [3.63, 3.8) is 0 Å². The van der Waals surface area contributed by atoms with Crippen molar-refractivity contribution in [1.82, 2.24) is 9.97 Å². The zero-order chi connectivity index (χ0) is 12.8. The molecule has 0 aliphatic carbocycles. The summed E-state index contributed by atoms with van der Waals surface area (Å²) < 4.78 is 0. The van der Waals surface area contributed by atoms with E-state index in [1.165, 1.54) is 4.90 Å². The molecule has 2 aromatic rings. The van der Waals surface area contributed by atoms with Crippen molar-refractivity contribution in [2.75, 3.05) is 18.1 Å². The minimum absolute atomic E-state index is 0.798. The number of nitrogens with one attached hydrogen (secondary N) is 1. The zero-order valence-electron chi connectivity index (χ0n) is 10.4. The van der Waals surface area contributed by atoms with Crippen LogP contribution in [0.4, 0.5) is 5.82 Å². The largest absolute Gasteiger partial charge is 0.370 e. The maximum atomic E-state index is 4.50. The molecule has 0 spiro atoms. The van der Waals surface area contributed by atoms with Gasteiger partial charge in [0.2, 0.25) is 0 Å². The first-order chi connectivity index (χ1) is 8.81. The van der Waals surface area contributed by atoms with E-state index in [0.717, 1.165) is 22.5 Å². The fraction of sp³-hybridized carbons (Fsp3) is 0.231. The van der Waals surface area contributed by atoms with Crippen LogP contribution in [0, 0.1) is 0 Å². The van der Waals surface area contributed by atoms with Crippen molar-refractivity contribution in [2.45, 2.75) is 22.0 Å². The van der Waals surface area contributed by atoms with Crippen LogP contribution in [0.3, 0.4) is 0 Å². The van der Waals surface area contributed by atoms with E-state index in [4.69, 9.17) is 0 Å². The highest BCUT2D eigenvalue weighted by Gasteiger charge is 2.05. The molecule has 0 atom stereocenters. The maximum absolute atomic E-state index is 4.50. The second-order valence-corrected chi connectivity index (χ2v) is 5.39. The standard InChI is InChI=1S/C13H15N3S2/c1-3-14-11-9-12(16-13(15-11)17-2)18-10-7-5-4-6-8-10/h4-9H,3H2,1-2H3,(H,14,15,16). The van der Waals surface area contributed by atoms with Crippen LogP contribution in [0.1, 0.15) is 6.92 Å². The van der Waals surface area contributed by atoms with Crippen molar-refractivity contribution in [3.05, 3.63) is 36.4 Å². The lowest BCUT2D eigenvalue weighted by Gasteiger charge is -2.07. The van der Waals surface area contributed by atoms with Crippen LogP contribution in [-0.2, 0) is 0 Å². The highest BCUT2D eigenvalue weighted by molar-refractivity contribution is 7.99. The number of hydrogen-bond donors (Lipinski definition) is 1. The molecule has 0 bridgehead atoms. The molecule has 0 radical (unpaired) electrons. The van der Waals surface area contributed by atoms with Gasteiger partial charge in [-0.25, -0.2) is 9.97 Å². The molecule has 5 heteroatoms. The van der Waals surface area contributed by atoms with Gasteiger partial charge in [-0.1, -0.05) is 41.7 Å². The number of hydrogen-bond acceptors (Lipinski definition) is 5. The summed E-state index contributed by atoms with van der Waals surface area (Å²) in [5, 5.41) is 5.00. The van der Waals surface area contributed by atoms with Crippen molar-refractivity contribution in [3.8, 4) is 0 Å².